The first-order valence-corrected chi connectivity index (χ1v) is 5.80. The Balaban J connectivity index is 2.32. The summed E-state index contributed by atoms with van der Waals surface area (Å²) < 4.78 is 0.693. The number of aromatic nitrogens is 1. The summed E-state index contributed by atoms with van der Waals surface area (Å²) in [7, 11) is 0. The summed E-state index contributed by atoms with van der Waals surface area (Å²) in [4.78, 5) is 17.7. The second kappa shape index (κ2) is 4.26. The first-order chi connectivity index (χ1) is 7.61. The van der Waals surface area contributed by atoms with E-state index in [0.717, 1.165) is 11.4 Å². The molecular formula is C12H11BrN2O. The number of pyridine rings is 1. The van der Waals surface area contributed by atoms with E-state index in [1.54, 1.807) is 4.90 Å². The van der Waals surface area contributed by atoms with E-state index < -0.39 is 0 Å². The molecule has 0 aliphatic carbocycles. The van der Waals surface area contributed by atoms with Crippen LogP contribution in [0.2, 0.25) is 0 Å². The number of carbonyl (C=O) groups is 1. The molecule has 1 aromatic heterocycles. The molecule has 2 rings (SSSR count). The molecule has 0 bridgehead atoms. The molecule has 0 aromatic carbocycles. The zero-order valence-corrected chi connectivity index (χ0v) is 10.5. The monoisotopic (exact) mass is 278 g/mol. The van der Waals surface area contributed by atoms with E-state index in [4.69, 9.17) is 6.42 Å². The quantitative estimate of drug-likeness (QED) is 0.583. The third-order valence-corrected chi connectivity index (χ3v) is 3.20. The van der Waals surface area contributed by atoms with Crippen molar-refractivity contribution in [2.75, 3.05) is 11.4 Å². The highest BCUT2D eigenvalue weighted by molar-refractivity contribution is 9.10. The predicted molar refractivity (Wildman–Crippen MR) is 66.0 cm³/mol. The maximum atomic E-state index is 11.8. The zero-order chi connectivity index (χ0) is 11.7. The fourth-order valence-electron chi connectivity index (χ4n) is 1.77. The Morgan fingerprint density at radius 1 is 1.62 bits per heavy atom. The number of nitrogens with zero attached hydrogens (tertiary/aromatic N) is 2. The standard InChI is InChI=1S/C12H11BrN2O/c1-3-9-6-11(16)15(7-9)10-5-4-8(2)14-12(10)13/h1,4-5,9H,6-7H2,2H3. The van der Waals surface area contributed by atoms with Gasteiger partial charge in [0.2, 0.25) is 5.91 Å². The van der Waals surface area contributed by atoms with Crippen molar-refractivity contribution in [3.05, 3.63) is 22.4 Å². The molecule has 1 aromatic rings. The largest absolute Gasteiger partial charge is 0.309 e. The van der Waals surface area contributed by atoms with Crippen molar-refractivity contribution >= 4 is 27.5 Å². The maximum absolute atomic E-state index is 11.8. The lowest BCUT2D eigenvalue weighted by Crippen LogP contribution is -2.25. The average molecular weight is 279 g/mol. The second-order valence-electron chi connectivity index (χ2n) is 3.83. The highest BCUT2D eigenvalue weighted by atomic mass is 79.9. The van der Waals surface area contributed by atoms with Crippen LogP contribution >= 0.6 is 15.9 Å². The van der Waals surface area contributed by atoms with Crippen molar-refractivity contribution in [2.24, 2.45) is 5.92 Å². The van der Waals surface area contributed by atoms with Crippen molar-refractivity contribution in [3.8, 4) is 12.3 Å². The molecule has 3 nitrogen and oxygen atoms in total. The molecule has 1 saturated heterocycles. The highest BCUT2D eigenvalue weighted by Crippen LogP contribution is 2.30. The van der Waals surface area contributed by atoms with Crippen molar-refractivity contribution in [1.29, 1.82) is 0 Å². The molecule has 0 saturated carbocycles. The minimum atomic E-state index is 0.0145. The molecule has 82 valence electrons. The lowest BCUT2D eigenvalue weighted by atomic mass is 10.1. The van der Waals surface area contributed by atoms with Crippen molar-refractivity contribution in [3.63, 3.8) is 0 Å². The Hall–Kier alpha value is -1.34. The maximum Gasteiger partial charge on any atom is 0.228 e. The molecule has 1 atom stereocenters. The Morgan fingerprint density at radius 2 is 2.38 bits per heavy atom. The lowest BCUT2D eigenvalue weighted by molar-refractivity contribution is -0.117. The van der Waals surface area contributed by atoms with Crippen LogP contribution in [0.5, 0.6) is 0 Å². The Kier molecular flexibility index (Phi) is 2.97. The predicted octanol–water partition coefficient (Wildman–Crippen LogP) is 2.14. The van der Waals surface area contributed by atoms with Crippen molar-refractivity contribution < 1.29 is 4.79 Å². The van der Waals surface area contributed by atoms with Crippen LogP contribution in [0.25, 0.3) is 0 Å². The molecule has 1 unspecified atom stereocenters. The zero-order valence-electron chi connectivity index (χ0n) is 8.90. The Morgan fingerprint density at radius 3 is 2.94 bits per heavy atom. The van der Waals surface area contributed by atoms with Crippen LogP contribution in [0.15, 0.2) is 16.7 Å². The minimum absolute atomic E-state index is 0.0145. The van der Waals surface area contributed by atoms with Crippen LogP contribution in [0.4, 0.5) is 5.69 Å². The summed E-state index contributed by atoms with van der Waals surface area (Å²) in [6.07, 6.45) is 5.77. The van der Waals surface area contributed by atoms with E-state index in [1.807, 2.05) is 19.1 Å². The SMILES string of the molecule is C#CC1CC(=O)N(c2ccc(C)nc2Br)C1. The first kappa shape index (κ1) is 11.2. The van der Waals surface area contributed by atoms with Gasteiger partial charge in [0, 0.05) is 24.6 Å². The molecule has 2 heterocycles. The van der Waals surface area contributed by atoms with E-state index in [9.17, 15) is 4.79 Å². The van der Waals surface area contributed by atoms with Crippen LogP contribution < -0.4 is 4.90 Å². The molecular weight excluding hydrogens is 268 g/mol. The van der Waals surface area contributed by atoms with Gasteiger partial charge < -0.3 is 4.90 Å². The smallest absolute Gasteiger partial charge is 0.228 e. The van der Waals surface area contributed by atoms with Crippen molar-refractivity contribution in [1.82, 2.24) is 4.98 Å². The number of carbonyl (C=O) groups excluding carboxylic acids is 1. The van der Waals surface area contributed by atoms with E-state index in [-0.39, 0.29) is 11.8 Å². The molecule has 4 heteroatoms. The molecule has 0 N–H and O–H groups in total. The van der Waals surface area contributed by atoms with Gasteiger partial charge in [-0.1, -0.05) is 0 Å². The highest BCUT2D eigenvalue weighted by Gasteiger charge is 2.30. The molecule has 16 heavy (non-hydrogen) atoms. The number of anilines is 1. The summed E-state index contributed by atoms with van der Waals surface area (Å²) in [5.41, 5.74) is 1.71. The van der Waals surface area contributed by atoms with Crippen LogP contribution in [0.1, 0.15) is 12.1 Å². The fraction of sp³-hybridized carbons (Fsp3) is 0.333. The van der Waals surface area contributed by atoms with Gasteiger partial charge in [0.15, 0.2) is 0 Å². The summed E-state index contributed by atoms with van der Waals surface area (Å²) in [6.45, 7) is 2.49. The number of rotatable bonds is 1. The molecule has 1 aliphatic heterocycles. The molecule has 0 radical (unpaired) electrons. The van der Waals surface area contributed by atoms with Crippen LogP contribution in [0, 0.1) is 25.2 Å². The molecule has 1 amide bonds. The van der Waals surface area contributed by atoms with Gasteiger partial charge in [-0.3, -0.25) is 4.79 Å². The van der Waals surface area contributed by atoms with E-state index in [2.05, 4.69) is 26.8 Å². The number of terminal acetylenes is 1. The normalized spacial score (nSPS) is 19.9. The van der Waals surface area contributed by atoms with Crippen LogP contribution in [0.3, 0.4) is 0 Å². The number of hydrogen-bond donors (Lipinski definition) is 0. The van der Waals surface area contributed by atoms with Crippen molar-refractivity contribution in [2.45, 2.75) is 13.3 Å². The van der Waals surface area contributed by atoms with Gasteiger partial charge in [-0.15, -0.1) is 12.3 Å². The number of halogens is 1. The first-order valence-electron chi connectivity index (χ1n) is 5.01. The lowest BCUT2D eigenvalue weighted by Gasteiger charge is -2.17. The topological polar surface area (TPSA) is 33.2 Å². The average Bonchev–Trinajstić information content (AvgIpc) is 2.60. The second-order valence-corrected chi connectivity index (χ2v) is 4.59. The third kappa shape index (κ3) is 1.96. The van der Waals surface area contributed by atoms with E-state index in [1.165, 1.54) is 0 Å². The van der Waals surface area contributed by atoms with Gasteiger partial charge in [0.25, 0.3) is 0 Å². The van der Waals surface area contributed by atoms with Gasteiger partial charge in [-0.05, 0) is 35.0 Å². The van der Waals surface area contributed by atoms with E-state index in [0.29, 0.717) is 17.6 Å². The van der Waals surface area contributed by atoms with Gasteiger partial charge in [-0.25, -0.2) is 4.98 Å². The summed E-state index contributed by atoms with van der Waals surface area (Å²) >= 11 is 3.37. The summed E-state index contributed by atoms with van der Waals surface area (Å²) in [5, 5.41) is 0. The summed E-state index contributed by atoms with van der Waals surface area (Å²) in [5.74, 6) is 2.71. The Labute approximate surface area is 103 Å². The fourth-order valence-corrected chi connectivity index (χ4v) is 2.40. The van der Waals surface area contributed by atoms with Crippen LogP contribution in [-0.4, -0.2) is 17.4 Å². The Bertz CT molecular complexity index is 478. The summed E-state index contributed by atoms with van der Waals surface area (Å²) in [6, 6.07) is 3.78. The minimum Gasteiger partial charge on any atom is -0.309 e. The van der Waals surface area contributed by atoms with Crippen LogP contribution in [-0.2, 0) is 4.79 Å². The molecule has 0 spiro atoms. The van der Waals surface area contributed by atoms with Gasteiger partial charge >= 0.3 is 0 Å². The third-order valence-electron chi connectivity index (χ3n) is 2.62. The van der Waals surface area contributed by atoms with Gasteiger partial charge in [0.1, 0.15) is 4.60 Å². The van der Waals surface area contributed by atoms with Gasteiger partial charge in [-0.2, -0.15) is 0 Å². The number of hydrogen-bond acceptors (Lipinski definition) is 2. The van der Waals surface area contributed by atoms with Gasteiger partial charge in [0.05, 0.1) is 5.69 Å². The van der Waals surface area contributed by atoms with E-state index >= 15 is 0 Å². The molecule has 1 fully saturated rings. The number of amides is 1. The molecule has 1 aliphatic rings. The number of aryl methyl sites for hydroxylation is 1.